The summed E-state index contributed by atoms with van der Waals surface area (Å²) in [5.74, 6) is -3.00. The van der Waals surface area contributed by atoms with Gasteiger partial charge in [-0.25, -0.2) is 8.78 Å². The number of hydrogen-bond donors (Lipinski definition) is 2. The third-order valence-electron chi connectivity index (χ3n) is 5.59. The molecule has 1 aliphatic heterocycles. The summed E-state index contributed by atoms with van der Waals surface area (Å²) in [5, 5.41) is 4.06. The molecule has 1 fully saturated rings. The Labute approximate surface area is 236 Å². The Kier molecular flexibility index (Phi) is 10.5. The molecule has 1 saturated heterocycles. The van der Waals surface area contributed by atoms with Gasteiger partial charge in [0.1, 0.15) is 12.6 Å². The predicted octanol–water partition coefficient (Wildman–Crippen LogP) is 4.87. The van der Waals surface area contributed by atoms with E-state index in [9.17, 15) is 49.5 Å². The van der Waals surface area contributed by atoms with E-state index in [4.69, 9.17) is 16.3 Å². The molecule has 1 aliphatic rings. The van der Waals surface area contributed by atoms with Crippen LogP contribution in [0.5, 0.6) is 0 Å². The van der Waals surface area contributed by atoms with Crippen LogP contribution < -0.4 is 15.5 Å². The van der Waals surface area contributed by atoms with Crippen molar-refractivity contribution in [2.75, 3.05) is 49.6 Å². The molecule has 1 aromatic carbocycles. The van der Waals surface area contributed by atoms with Gasteiger partial charge in [0.15, 0.2) is 0 Å². The van der Waals surface area contributed by atoms with Crippen molar-refractivity contribution in [3.8, 4) is 0 Å². The first-order valence-electron chi connectivity index (χ1n) is 11.6. The van der Waals surface area contributed by atoms with Crippen molar-refractivity contribution in [1.82, 2.24) is 10.2 Å². The summed E-state index contributed by atoms with van der Waals surface area (Å²) in [6.07, 6.45) is -13.7. The SMILES string of the molecule is O=C(NC[C@@H](C(=O)Nc1ccc(N2CCOCC2=O)cc1C(F)F)N(CC(F)(F)F)CC(F)(F)F)c1ccc(Cl)s1. The zero-order chi connectivity index (χ0) is 30.5. The minimum absolute atomic E-state index is 0.0146. The van der Waals surface area contributed by atoms with Gasteiger partial charge >= 0.3 is 12.4 Å². The second-order valence-corrected chi connectivity index (χ2v) is 10.3. The fourth-order valence-electron chi connectivity index (χ4n) is 3.86. The van der Waals surface area contributed by atoms with E-state index in [0.717, 1.165) is 28.4 Å². The first-order chi connectivity index (χ1) is 19.0. The maximum atomic E-state index is 13.9. The van der Waals surface area contributed by atoms with E-state index in [1.807, 2.05) is 5.32 Å². The summed E-state index contributed by atoms with van der Waals surface area (Å²) in [6, 6.07) is 3.25. The highest BCUT2D eigenvalue weighted by Crippen LogP contribution is 2.32. The van der Waals surface area contributed by atoms with E-state index in [1.165, 1.54) is 18.2 Å². The molecule has 3 rings (SSSR count). The van der Waals surface area contributed by atoms with Gasteiger partial charge in [-0.15, -0.1) is 11.3 Å². The normalized spacial score (nSPS) is 15.4. The zero-order valence-corrected chi connectivity index (χ0v) is 22.2. The number of nitrogens with zero attached hydrogens (tertiary/aromatic N) is 2. The van der Waals surface area contributed by atoms with Crippen molar-refractivity contribution in [2.45, 2.75) is 24.8 Å². The third kappa shape index (κ3) is 9.51. The number of halogens is 9. The lowest BCUT2D eigenvalue weighted by Gasteiger charge is -2.32. The summed E-state index contributed by atoms with van der Waals surface area (Å²) < 4.78 is 112. The van der Waals surface area contributed by atoms with E-state index in [2.05, 4.69) is 5.32 Å². The largest absolute Gasteiger partial charge is 0.401 e. The van der Waals surface area contributed by atoms with Gasteiger partial charge in [-0.2, -0.15) is 26.3 Å². The number of amides is 3. The van der Waals surface area contributed by atoms with Crippen LogP contribution in [-0.4, -0.2) is 80.4 Å². The first kappa shape index (κ1) is 32.5. The maximum Gasteiger partial charge on any atom is 0.401 e. The molecular weight excluding hydrogens is 616 g/mol. The molecule has 0 unspecified atom stereocenters. The van der Waals surface area contributed by atoms with E-state index in [-0.39, 0.29) is 39.6 Å². The number of carbonyl (C=O) groups is 3. The number of carbonyl (C=O) groups excluding carboxylic acids is 3. The molecule has 8 nitrogen and oxygen atoms in total. The molecule has 2 heterocycles. The van der Waals surface area contributed by atoms with Crippen LogP contribution in [0.3, 0.4) is 0 Å². The average Bonchev–Trinajstić information content (AvgIpc) is 3.29. The van der Waals surface area contributed by atoms with E-state index in [0.29, 0.717) is 0 Å². The molecule has 0 spiro atoms. The molecule has 0 radical (unpaired) electrons. The molecule has 1 atom stereocenters. The number of anilines is 2. The number of hydrogen-bond acceptors (Lipinski definition) is 6. The van der Waals surface area contributed by atoms with Crippen LogP contribution in [0.1, 0.15) is 21.7 Å². The van der Waals surface area contributed by atoms with Gasteiger partial charge < -0.3 is 20.3 Å². The van der Waals surface area contributed by atoms with Gasteiger partial charge in [0.2, 0.25) is 5.91 Å². The lowest BCUT2D eigenvalue weighted by Crippen LogP contribution is -2.55. The van der Waals surface area contributed by atoms with Gasteiger partial charge in [-0.1, -0.05) is 11.6 Å². The topological polar surface area (TPSA) is 91.0 Å². The average molecular weight is 637 g/mol. The summed E-state index contributed by atoms with van der Waals surface area (Å²) in [7, 11) is 0. The predicted molar refractivity (Wildman–Crippen MR) is 132 cm³/mol. The fraction of sp³-hybridized carbons (Fsp3) is 0.435. The van der Waals surface area contributed by atoms with Gasteiger partial charge in [-0.3, -0.25) is 19.3 Å². The van der Waals surface area contributed by atoms with Gasteiger partial charge in [0, 0.05) is 30.0 Å². The van der Waals surface area contributed by atoms with Crippen molar-refractivity contribution in [1.29, 1.82) is 0 Å². The molecular formula is C23H21ClF8N4O4S. The Hall–Kier alpha value is -3.02. The molecule has 18 heteroatoms. The smallest absolute Gasteiger partial charge is 0.370 e. The minimum Gasteiger partial charge on any atom is -0.370 e. The summed E-state index contributed by atoms with van der Waals surface area (Å²) >= 11 is 6.51. The second kappa shape index (κ2) is 13.3. The van der Waals surface area contributed by atoms with Crippen molar-refractivity contribution in [3.05, 3.63) is 45.1 Å². The number of nitrogens with one attached hydrogen (secondary N) is 2. The van der Waals surface area contributed by atoms with E-state index < -0.39 is 73.4 Å². The molecule has 41 heavy (non-hydrogen) atoms. The quantitative estimate of drug-likeness (QED) is 0.364. The number of rotatable bonds is 10. The lowest BCUT2D eigenvalue weighted by molar-refractivity contribution is -0.186. The van der Waals surface area contributed by atoms with Crippen LogP contribution in [0, 0.1) is 0 Å². The molecule has 0 aliphatic carbocycles. The first-order valence-corrected chi connectivity index (χ1v) is 12.8. The molecule has 0 saturated carbocycles. The van der Waals surface area contributed by atoms with Crippen LogP contribution in [-0.2, 0) is 14.3 Å². The van der Waals surface area contributed by atoms with Crippen LogP contribution in [0.2, 0.25) is 4.34 Å². The second-order valence-electron chi connectivity index (χ2n) is 8.62. The number of benzene rings is 1. The summed E-state index contributed by atoms with van der Waals surface area (Å²) in [6.45, 7) is -5.60. The number of thiophene rings is 1. The highest BCUT2D eigenvalue weighted by atomic mass is 35.5. The zero-order valence-electron chi connectivity index (χ0n) is 20.6. The van der Waals surface area contributed by atoms with Crippen molar-refractivity contribution >= 4 is 52.0 Å². The standard InChI is InChI=1S/C23H21ClF8N4O4S/c24-17-4-3-16(41-17)21(39)33-8-15(35(10-22(27,28)29)11-23(30,31)32)20(38)34-14-2-1-12(7-13(14)19(25)26)36-5-6-40-9-18(36)37/h1-4,7,15,19H,5-6,8-11H2,(H,33,39)(H,34,38)/t15-/m0/s1. The van der Waals surface area contributed by atoms with E-state index >= 15 is 0 Å². The van der Waals surface area contributed by atoms with Crippen LogP contribution >= 0.6 is 22.9 Å². The van der Waals surface area contributed by atoms with Gasteiger partial charge in [0.05, 0.1) is 28.9 Å². The molecule has 2 N–H and O–H groups in total. The Morgan fingerprint density at radius 1 is 1.07 bits per heavy atom. The van der Waals surface area contributed by atoms with Crippen molar-refractivity contribution in [2.24, 2.45) is 0 Å². The van der Waals surface area contributed by atoms with Crippen molar-refractivity contribution < 1.29 is 54.2 Å². The number of ether oxygens (including phenoxy) is 1. The summed E-state index contributed by atoms with van der Waals surface area (Å²) in [4.78, 5) is 38.4. The molecule has 0 bridgehead atoms. The monoisotopic (exact) mass is 636 g/mol. The van der Waals surface area contributed by atoms with Crippen LogP contribution in [0.25, 0.3) is 0 Å². The third-order valence-corrected chi connectivity index (χ3v) is 6.82. The van der Waals surface area contributed by atoms with Crippen LogP contribution in [0.15, 0.2) is 30.3 Å². The van der Waals surface area contributed by atoms with Gasteiger partial charge in [0.25, 0.3) is 18.2 Å². The Balaban J connectivity index is 1.92. The van der Waals surface area contributed by atoms with Crippen molar-refractivity contribution in [3.63, 3.8) is 0 Å². The van der Waals surface area contributed by atoms with E-state index in [1.54, 1.807) is 0 Å². The summed E-state index contributed by atoms with van der Waals surface area (Å²) in [5.41, 5.74) is -1.44. The lowest BCUT2D eigenvalue weighted by atomic mass is 10.1. The maximum absolute atomic E-state index is 13.9. The Morgan fingerprint density at radius 3 is 2.27 bits per heavy atom. The molecule has 2 aromatic rings. The Morgan fingerprint density at radius 2 is 1.73 bits per heavy atom. The molecule has 226 valence electrons. The highest BCUT2D eigenvalue weighted by molar-refractivity contribution is 7.18. The minimum atomic E-state index is -5.20. The number of alkyl halides is 8. The fourth-order valence-corrected chi connectivity index (χ4v) is 4.82. The molecule has 1 aromatic heterocycles. The van der Waals surface area contributed by atoms with Crippen LogP contribution in [0.4, 0.5) is 46.5 Å². The number of morpholine rings is 1. The van der Waals surface area contributed by atoms with Gasteiger partial charge in [-0.05, 0) is 30.3 Å². The molecule has 3 amide bonds. The highest BCUT2D eigenvalue weighted by Gasteiger charge is 2.42. The Bertz CT molecular complexity index is 1240.